The molecule has 3 nitrogen and oxygen atoms in total. The van der Waals surface area contributed by atoms with Gasteiger partial charge in [0.05, 0.1) is 4.99 Å². The molecular weight excluding hydrogens is 368 g/mol. The molecule has 0 fully saturated rings. The quantitative estimate of drug-likeness (QED) is 0.791. The number of thiocarbonyl (C=S) groups is 1. The monoisotopic (exact) mass is 378 g/mol. The van der Waals surface area contributed by atoms with E-state index in [1.165, 1.54) is 0 Å². The first-order valence-electron chi connectivity index (χ1n) is 4.93. The van der Waals surface area contributed by atoms with Crippen molar-refractivity contribution in [1.29, 1.82) is 0 Å². The second kappa shape index (κ2) is 6.47. The van der Waals surface area contributed by atoms with E-state index in [0.717, 1.165) is 8.95 Å². The number of carbonyl (C=O) groups is 1. The van der Waals surface area contributed by atoms with E-state index in [2.05, 4.69) is 37.2 Å². The minimum absolute atomic E-state index is 0.00968. The fourth-order valence-corrected chi connectivity index (χ4v) is 2.51. The standard InChI is InChI=1S/C11H12Br2N2OS/c1-6(10(14)17)5-15-11(16)7-2-8(12)4-9(13)3-7/h2-4,6H,5H2,1H3,(H2,14,17)(H,15,16). The molecule has 0 saturated heterocycles. The highest BCUT2D eigenvalue weighted by molar-refractivity contribution is 9.11. The largest absolute Gasteiger partial charge is 0.393 e. The van der Waals surface area contributed by atoms with Gasteiger partial charge in [-0.2, -0.15) is 0 Å². The van der Waals surface area contributed by atoms with Crippen LogP contribution in [0.2, 0.25) is 0 Å². The molecule has 3 N–H and O–H groups in total. The summed E-state index contributed by atoms with van der Waals surface area (Å²) in [5.41, 5.74) is 6.06. The fourth-order valence-electron chi connectivity index (χ4n) is 1.13. The van der Waals surface area contributed by atoms with Crippen LogP contribution in [0, 0.1) is 5.92 Å². The van der Waals surface area contributed by atoms with Crippen LogP contribution in [0.4, 0.5) is 0 Å². The van der Waals surface area contributed by atoms with Gasteiger partial charge >= 0.3 is 0 Å². The Balaban J connectivity index is 2.67. The van der Waals surface area contributed by atoms with E-state index in [9.17, 15) is 4.79 Å². The van der Waals surface area contributed by atoms with Crippen LogP contribution in [0.15, 0.2) is 27.1 Å². The Kier molecular flexibility index (Phi) is 5.55. The third-order valence-electron chi connectivity index (χ3n) is 2.18. The third-order valence-corrected chi connectivity index (χ3v) is 3.50. The Bertz CT molecular complexity index is 431. The van der Waals surface area contributed by atoms with Gasteiger partial charge in [0, 0.05) is 27.0 Å². The summed E-state index contributed by atoms with van der Waals surface area (Å²) in [6, 6.07) is 5.38. The van der Waals surface area contributed by atoms with Gasteiger partial charge in [0.15, 0.2) is 0 Å². The molecule has 0 bridgehead atoms. The number of rotatable bonds is 4. The normalized spacial score (nSPS) is 11.9. The van der Waals surface area contributed by atoms with Crippen LogP contribution in [0.5, 0.6) is 0 Å². The molecule has 0 aliphatic carbocycles. The Hall–Kier alpha value is -0.460. The van der Waals surface area contributed by atoms with Crippen molar-refractivity contribution in [2.45, 2.75) is 6.92 Å². The first-order valence-corrected chi connectivity index (χ1v) is 6.93. The predicted octanol–water partition coefficient (Wildman–Crippen LogP) is 2.86. The Morgan fingerprint density at radius 2 is 1.94 bits per heavy atom. The molecule has 1 aromatic rings. The highest BCUT2D eigenvalue weighted by atomic mass is 79.9. The average molecular weight is 380 g/mol. The fraction of sp³-hybridized carbons (Fsp3) is 0.273. The lowest BCUT2D eigenvalue weighted by Crippen LogP contribution is -2.33. The minimum Gasteiger partial charge on any atom is -0.393 e. The number of hydrogen-bond donors (Lipinski definition) is 2. The van der Waals surface area contributed by atoms with E-state index in [4.69, 9.17) is 18.0 Å². The van der Waals surface area contributed by atoms with Crippen LogP contribution in [-0.2, 0) is 0 Å². The second-order valence-electron chi connectivity index (χ2n) is 3.67. The lowest BCUT2D eigenvalue weighted by atomic mass is 10.1. The molecule has 92 valence electrons. The number of benzene rings is 1. The summed E-state index contributed by atoms with van der Waals surface area (Å²) in [5, 5.41) is 2.79. The van der Waals surface area contributed by atoms with Gasteiger partial charge in [-0.15, -0.1) is 0 Å². The molecule has 6 heteroatoms. The highest BCUT2D eigenvalue weighted by Gasteiger charge is 2.10. The molecule has 1 atom stereocenters. The van der Waals surface area contributed by atoms with Gasteiger partial charge in [-0.25, -0.2) is 0 Å². The number of halogens is 2. The van der Waals surface area contributed by atoms with E-state index >= 15 is 0 Å². The molecule has 0 aromatic heterocycles. The van der Waals surface area contributed by atoms with Gasteiger partial charge in [0.2, 0.25) is 0 Å². The van der Waals surface area contributed by atoms with Gasteiger partial charge in [-0.1, -0.05) is 51.0 Å². The number of carbonyl (C=O) groups excluding carboxylic acids is 1. The SMILES string of the molecule is CC(CNC(=O)c1cc(Br)cc(Br)c1)C(N)=S. The number of nitrogens with one attached hydrogen (secondary N) is 1. The zero-order chi connectivity index (χ0) is 13.0. The maximum absolute atomic E-state index is 11.8. The van der Waals surface area contributed by atoms with E-state index in [1.54, 1.807) is 12.1 Å². The lowest BCUT2D eigenvalue weighted by molar-refractivity contribution is 0.0951. The topological polar surface area (TPSA) is 55.1 Å². The van der Waals surface area contributed by atoms with E-state index < -0.39 is 0 Å². The molecule has 1 rings (SSSR count). The maximum atomic E-state index is 11.8. The molecule has 0 aliphatic rings. The van der Waals surface area contributed by atoms with Crippen molar-refractivity contribution in [3.8, 4) is 0 Å². The Morgan fingerprint density at radius 3 is 2.41 bits per heavy atom. The molecular formula is C11H12Br2N2OS. The van der Waals surface area contributed by atoms with Crippen molar-refractivity contribution >= 4 is 55.0 Å². The van der Waals surface area contributed by atoms with E-state index in [0.29, 0.717) is 17.1 Å². The second-order valence-corrected chi connectivity index (χ2v) is 5.97. The van der Waals surface area contributed by atoms with E-state index in [-0.39, 0.29) is 11.8 Å². The van der Waals surface area contributed by atoms with Crippen LogP contribution in [-0.4, -0.2) is 17.4 Å². The Morgan fingerprint density at radius 1 is 1.41 bits per heavy atom. The maximum Gasteiger partial charge on any atom is 0.251 e. The first kappa shape index (κ1) is 14.6. The van der Waals surface area contributed by atoms with Crippen molar-refractivity contribution in [3.05, 3.63) is 32.7 Å². The highest BCUT2D eigenvalue weighted by Crippen LogP contribution is 2.20. The first-order chi connectivity index (χ1) is 7.90. The van der Waals surface area contributed by atoms with Crippen LogP contribution in [0.25, 0.3) is 0 Å². The Labute approximate surface area is 122 Å². The molecule has 0 radical (unpaired) electrons. The zero-order valence-electron chi connectivity index (χ0n) is 9.17. The lowest BCUT2D eigenvalue weighted by Gasteiger charge is -2.11. The molecule has 0 heterocycles. The van der Waals surface area contributed by atoms with E-state index in [1.807, 2.05) is 13.0 Å². The number of amides is 1. The number of nitrogens with two attached hydrogens (primary N) is 1. The summed E-state index contributed by atoms with van der Waals surface area (Å²) in [5.74, 6) is -0.153. The van der Waals surface area contributed by atoms with Crippen molar-refractivity contribution in [3.63, 3.8) is 0 Å². The molecule has 1 aromatic carbocycles. The molecule has 0 spiro atoms. The van der Waals surface area contributed by atoms with Gasteiger partial charge in [-0.3, -0.25) is 4.79 Å². The van der Waals surface area contributed by atoms with Crippen LogP contribution >= 0.6 is 44.1 Å². The molecule has 17 heavy (non-hydrogen) atoms. The number of hydrogen-bond acceptors (Lipinski definition) is 2. The molecule has 1 unspecified atom stereocenters. The van der Waals surface area contributed by atoms with Crippen molar-refractivity contribution < 1.29 is 4.79 Å². The molecule has 0 aliphatic heterocycles. The van der Waals surface area contributed by atoms with Crippen LogP contribution in [0.3, 0.4) is 0 Å². The van der Waals surface area contributed by atoms with Gasteiger partial charge < -0.3 is 11.1 Å². The summed E-state index contributed by atoms with van der Waals surface area (Å²) in [7, 11) is 0. The van der Waals surface area contributed by atoms with Gasteiger partial charge in [-0.05, 0) is 18.2 Å². The van der Waals surface area contributed by atoms with Crippen molar-refractivity contribution in [1.82, 2.24) is 5.32 Å². The van der Waals surface area contributed by atoms with Crippen molar-refractivity contribution in [2.75, 3.05) is 6.54 Å². The summed E-state index contributed by atoms with van der Waals surface area (Å²) >= 11 is 11.5. The van der Waals surface area contributed by atoms with Gasteiger partial charge in [0.25, 0.3) is 5.91 Å². The minimum atomic E-state index is -0.143. The smallest absolute Gasteiger partial charge is 0.251 e. The van der Waals surface area contributed by atoms with Crippen LogP contribution < -0.4 is 11.1 Å². The molecule has 1 amide bonds. The van der Waals surface area contributed by atoms with Crippen molar-refractivity contribution in [2.24, 2.45) is 11.7 Å². The summed E-state index contributed by atoms with van der Waals surface area (Å²) < 4.78 is 1.69. The zero-order valence-corrected chi connectivity index (χ0v) is 13.2. The average Bonchev–Trinajstić information content (AvgIpc) is 2.23. The third kappa shape index (κ3) is 4.73. The molecule has 0 saturated carbocycles. The van der Waals surface area contributed by atoms with Crippen LogP contribution in [0.1, 0.15) is 17.3 Å². The summed E-state index contributed by atoms with van der Waals surface area (Å²) in [6.45, 7) is 2.32. The van der Waals surface area contributed by atoms with Gasteiger partial charge in [0.1, 0.15) is 0 Å². The predicted molar refractivity (Wildman–Crippen MR) is 80.1 cm³/mol. The summed E-state index contributed by atoms with van der Waals surface area (Å²) in [4.78, 5) is 12.2. The summed E-state index contributed by atoms with van der Waals surface area (Å²) in [6.07, 6.45) is 0.